The van der Waals surface area contributed by atoms with Gasteiger partial charge in [0.25, 0.3) is 5.91 Å². The number of rotatable bonds is 9. The van der Waals surface area contributed by atoms with Crippen LogP contribution in [0.15, 0.2) is 18.2 Å². The molecule has 1 aromatic rings. The molecule has 0 spiro atoms. The number of ether oxygens (including phenoxy) is 3. The van der Waals surface area contributed by atoms with E-state index in [0.29, 0.717) is 23.6 Å². The normalized spacial score (nSPS) is 28.1. The van der Waals surface area contributed by atoms with Crippen molar-refractivity contribution < 1.29 is 28.6 Å². The summed E-state index contributed by atoms with van der Waals surface area (Å²) in [5.41, 5.74) is 0.739. The Balaban J connectivity index is 1.20. The number of hydrogen-bond acceptors (Lipinski definition) is 6. The van der Waals surface area contributed by atoms with Gasteiger partial charge >= 0.3 is 5.97 Å². The molecule has 4 bridgehead atoms. The van der Waals surface area contributed by atoms with Gasteiger partial charge < -0.3 is 19.5 Å². The first-order chi connectivity index (χ1) is 14.9. The Morgan fingerprint density at radius 2 is 1.65 bits per heavy atom. The van der Waals surface area contributed by atoms with Crippen LogP contribution < -0.4 is 14.8 Å². The number of hydrogen-bond donors (Lipinski definition) is 1. The van der Waals surface area contributed by atoms with Gasteiger partial charge in [0, 0.05) is 12.1 Å². The molecule has 0 unspecified atom stereocenters. The number of methoxy groups -OCH3 is 1. The summed E-state index contributed by atoms with van der Waals surface area (Å²) in [6.45, 7) is 1.48. The van der Waals surface area contributed by atoms with Crippen LogP contribution in [0.1, 0.15) is 55.8 Å². The average Bonchev–Trinajstić information content (AvgIpc) is 2.73. The van der Waals surface area contributed by atoms with Crippen LogP contribution in [0.3, 0.4) is 0 Å². The zero-order valence-corrected chi connectivity index (χ0v) is 18.3. The summed E-state index contributed by atoms with van der Waals surface area (Å²) in [5.74, 6) is 2.18. The van der Waals surface area contributed by atoms with Crippen molar-refractivity contribution >= 4 is 17.7 Å². The molecule has 0 radical (unpaired) electrons. The highest BCUT2D eigenvalue weighted by Gasteiger charge is 2.50. The second kappa shape index (κ2) is 8.89. The van der Waals surface area contributed by atoms with Crippen LogP contribution in [-0.4, -0.2) is 44.5 Å². The monoisotopic (exact) mass is 429 g/mol. The van der Waals surface area contributed by atoms with Crippen LogP contribution in [0.5, 0.6) is 11.5 Å². The fourth-order valence-corrected chi connectivity index (χ4v) is 6.17. The molecule has 7 nitrogen and oxygen atoms in total. The Hall–Kier alpha value is -2.57. The molecule has 4 fully saturated rings. The van der Waals surface area contributed by atoms with E-state index < -0.39 is 5.97 Å². The summed E-state index contributed by atoms with van der Waals surface area (Å²) in [6, 6.07) is 4.73. The highest BCUT2D eigenvalue weighted by atomic mass is 16.6. The van der Waals surface area contributed by atoms with E-state index in [1.165, 1.54) is 52.6 Å². The minimum Gasteiger partial charge on any atom is -0.493 e. The third-order valence-corrected chi connectivity index (χ3v) is 7.11. The van der Waals surface area contributed by atoms with E-state index in [9.17, 15) is 14.4 Å². The lowest BCUT2D eigenvalue weighted by atomic mass is 9.49. The topological polar surface area (TPSA) is 90.9 Å². The summed E-state index contributed by atoms with van der Waals surface area (Å²) in [6.07, 6.45) is 7.76. The predicted molar refractivity (Wildman–Crippen MR) is 113 cm³/mol. The zero-order valence-electron chi connectivity index (χ0n) is 18.3. The molecule has 4 saturated carbocycles. The van der Waals surface area contributed by atoms with Gasteiger partial charge in [-0.3, -0.25) is 9.59 Å². The van der Waals surface area contributed by atoms with E-state index in [1.54, 1.807) is 18.2 Å². The van der Waals surface area contributed by atoms with Gasteiger partial charge in [-0.15, -0.1) is 0 Å². The van der Waals surface area contributed by atoms with Gasteiger partial charge in [0.2, 0.25) is 0 Å². The fourth-order valence-electron chi connectivity index (χ4n) is 6.17. The number of esters is 1. The van der Waals surface area contributed by atoms with Gasteiger partial charge in [-0.05, 0) is 86.8 Å². The van der Waals surface area contributed by atoms with Crippen molar-refractivity contribution in [3.63, 3.8) is 0 Å². The van der Waals surface area contributed by atoms with Gasteiger partial charge in [-0.1, -0.05) is 0 Å². The molecule has 1 aromatic carbocycles. The minimum atomic E-state index is -0.636. The molecule has 0 saturated heterocycles. The molecule has 4 aliphatic rings. The number of carbonyl (C=O) groups excluding carboxylic acids is 3. The number of Topliss-reactive ketones (excluding diaryl/α,β-unsaturated/α-hetero) is 1. The molecule has 0 atom stereocenters. The van der Waals surface area contributed by atoms with Crippen molar-refractivity contribution in [2.75, 3.05) is 26.9 Å². The maximum Gasteiger partial charge on any atom is 0.344 e. The summed E-state index contributed by atoms with van der Waals surface area (Å²) < 4.78 is 15.7. The van der Waals surface area contributed by atoms with Crippen molar-refractivity contribution in [3.05, 3.63) is 23.8 Å². The van der Waals surface area contributed by atoms with Crippen LogP contribution in [0.2, 0.25) is 0 Å². The molecule has 168 valence electrons. The van der Waals surface area contributed by atoms with Crippen LogP contribution in [0.4, 0.5) is 0 Å². The minimum absolute atomic E-state index is 0.0937. The van der Waals surface area contributed by atoms with E-state index in [-0.39, 0.29) is 30.3 Å². The van der Waals surface area contributed by atoms with Gasteiger partial charge in [0.05, 0.1) is 7.11 Å². The van der Waals surface area contributed by atoms with Crippen molar-refractivity contribution in [2.24, 2.45) is 23.2 Å². The van der Waals surface area contributed by atoms with E-state index in [1.807, 2.05) is 0 Å². The first kappa shape index (κ1) is 21.7. The van der Waals surface area contributed by atoms with Crippen LogP contribution in [-0.2, 0) is 14.3 Å². The average molecular weight is 430 g/mol. The predicted octanol–water partition coefficient (Wildman–Crippen LogP) is 3.15. The van der Waals surface area contributed by atoms with Crippen molar-refractivity contribution in [1.29, 1.82) is 0 Å². The van der Waals surface area contributed by atoms with Crippen molar-refractivity contribution in [2.45, 2.75) is 45.4 Å². The molecule has 0 aliphatic heterocycles. The third kappa shape index (κ3) is 5.02. The van der Waals surface area contributed by atoms with Gasteiger partial charge in [0.1, 0.15) is 0 Å². The lowest BCUT2D eigenvalue weighted by molar-refractivity contribution is -0.150. The van der Waals surface area contributed by atoms with E-state index >= 15 is 0 Å². The number of carbonyl (C=O) groups is 3. The fraction of sp³-hybridized carbons (Fsp3) is 0.625. The largest absolute Gasteiger partial charge is 0.493 e. The number of ketones is 1. The highest BCUT2D eigenvalue weighted by molar-refractivity contribution is 5.94. The molecular weight excluding hydrogens is 398 g/mol. The van der Waals surface area contributed by atoms with Gasteiger partial charge in [-0.2, -0.15) is 0 Å². The molecule has 0 aromatic heterocycles. The molecule has 31 heavy (non-hydrogen) atoms. The molecular formula is C24H31NO6. The summed E-state index contributed by atoms with van der Waals surface area (Å²) >= 11 is 0. The zero-order chi connectivity index (χ0) is 22.0. The summed E-state index contributed by atoms with van der Waals surface area (Å²) in [5, 5.41) is 2.99. The van der Waals surface area contributed by atoms with Crippen LogP contribution in [0, 0.1) is 23.2 Å². The number of benzene rings is 1. The first-order valence-corrected chi connectivity index (χ1v) is 11.1. The number of nitrogens with one attached hydrogen (secondary N) is 1. The van der Waals surface area contributed by atoms with E-state index in [0.717, 1.165) is 17.8 Å². The Morgan fingerprint density at radius 3 is 2.23 bits per heavy atom. The molecule has 4 aliphatic carbocycles. The smallest absolute Gasteiger partial charge is 0.344 e. The molecule has 1 amide bonds. The second-order valence-electron chi connectivity index (χ2n) is 9.57. The van der Waals surface area contributed by atoms with Crippen LogP contribution in [0.25, 0.3) is 0 Å². The summed E-state index contributed by atoms with van der Waals surface area (Å²) in [7, 11) is 1.46. The van der Waals surface area contributed by atoms with Gasteiger partial charge in [-0.25, -0.2) is 4.79 Å². The Labute approximate surface area is 182 Å². The highest BCUT2D eigenvalue weighted by Crippen LogP contribution is 2.59. The van der Waals surface area contributed by atoms with E-state index in [2.05, 4.69) is 5.32 Å². The maximum absolute atomic E-state index is 12.2. The third-order valence-electron chi connectivity index (χ3n) is 7.11. The summed E-state index contributed by atoms with van der Waals surface area (Å²) in [4.78, 5) is 35.7. The first-order valence-electron chi connectivity index (χ1n) is 11.1. The SMILES string of the molecule is COc1cc(C(C)=O)ccc1OCC(=O)OCC(=O)NCC12CC3CC(CC(C3)C1)C2. The quantitative estimate of drug-likeness (QED) is 0.479. The standard InChI is InChI=1S/C24H31NO6/c1-15(26)19-3-4-20(21(8-19)29-2)30-13-23(28)31-12-22(27)25-14-24-9-16-5-17(10-24)7-18(6-16)11-24/h3-4,8,16-18H,5-7,9-14H2,1-2H3,(H,25,27). The van der Waals surface area contributed by atoms with E-state index in [4.69, 9.17) is 14.2 Å². The Kier molecular flexibility index (Phi) is 6.21. The molecule has 7 heteroatoms. The molecule has 1 N–H and O–H groups in total. The number of amides is 1. The second-order valence-corrected chi connectivity index (χ2v) is 9.57. The molecule has 0 heterocycles. The lowest BCUT2D eigenvalue weighted by Gasteiger charge is -2.56. The van der Waals surface area contributed by atoms with Crippen LogP contribution >= 0.6 is 0 Å². The lowest BCUT2D eigenvalue weighted by Crippen LogP contribution is -2.51. The Bertz CT molecular complexity index is 828. The maximum atomic E-state index is 12.2. The molecule has 5 rings (SSSR count). The van der Waals surface area contributed by atoms with Crippen molar-refractivity contribution in [1.82, 2.24) is 5.32 Å². The van der Waals surface area contributed by atoms with Gasteiger partial charge in [0.15, 0.2) is 30.5 Å². The van der Waals surface area contributed by atoms with Crippen molar-refractivity contribution in [3.8, 4) is 11.5 Å². The Morgan fingerprint density at radius 1 is 1.00 bits per heavy atom.